The minimum atomic E-state index is -0.00897. The van der Waals surface area contributed by atoms with Crippen LogP contribution in [0.25, 0.3) is 0 Å². The van der Waals surface area contributed by atoms with Gasteiger partial charge in [0.15, 0.2) is 0 Å². The zero-order chi connectivity index (χ0) is 20.4. The number of nitrogens with one attached hydrogen (secondary N) is 1. The molecule has 4 nitrogen and oxygen atoms in total. The molecule has 0 aromatic heterocycles. The number of piperazine rings is 1. The zero-order valence-corrected chi connectivity index (χ0v) is 17.9. The van der Waals surface area contributed by atoms with Crippen LogP contribution in [0.15, 0.2) is 48.5 Å². The van der Waals surface area contributed by atoms with E-state index in [1.165, 1.54) is 22.5 Å². The van der Waals surface area contributed by atoms with Gasteiger partial charge in [0.05, 0.1) is 12.0 Å². The summed E-state index contributed by atoms with van der Waals surface area (Å²) in [5.74, 6) is 0.803. The molecule has 0 saturated carbocycles. The van der Waals surface area contributed by atoms with Crippen LogP contribution in [0.5, 0.6) is 0 Å². The number of para-hydroxylation sites is 1. The second-order valence-electron chi connectivity index (χ2n) is 8.96. The van der Waals surface area contributed by atoms with Gasteiger partial charge in [0.25, 0.3) is 0 Å². The first-order valence-electron chi connectivity index (χ1n) is 11.0. The molecule has 4 heteroatoms. The van der Waals surface area contributed by atoms with Crippen LogP contribution in [0.3, 0.4) is 0 Å². The first kappa shape index (κ1) is 19.8. The van der Waals surface area contributed by atoms with Crippen molar-refractivity contribution in [1.29, 1.82) is 0 Å². The molecule has 2 atom stereocenters. The molecule has 2 aromatic carbocycles. The van der Waals surface area contributed by atoms with E-state index in [1.807, 2.05) is 0 Å². The normalized spacial score (nSPS) is 21.0. The van der Waals surface area contributed by atoms with Crippen molar-refractivity contribution in [3.8, 4) is 0 Å². The second-order valence-corrected chi connectivity index (χ2v) is 8.96. The summed E-state index contributed by atoms with van der Waals surface area (Å²) in [6, 6.07) is 17.6. The number of rotatable bonds is 5. The molecule has 0 bridgehead atoms. The minimum Gasteiger partial charge on any atom is -0.368 e. The third kappa shape index (κ3) is 4.26. The van der Waals surface area contributed by atoms with E-state index in [0.29, 0.717) is 5.92 Å². The van der Waals surface area contributed by atoms with Crippen molar-refractivity contribution in [3.63, 3.8) is 0 Å². The number of hydrogen-bond donors (Lipinski definition) is 1. The fraction of sp³-hybridized carbons (Fsp3) is 0.480. The Bertz CT molecular complexity index is 845. The largest absolute Gasteiger partial charge is 0.368 e. The molecule has 1 fully saturated rings. The number of hydrogen-bond acceptors (Lipinski definition) is 3. The van der Waals surface area contributed by atoms with Crippen molar-refractivity contribution < 1.29 is 4.79 Å². The predicted octanol–water partition coefficient (Wildman–Crippen LogP) is 4.02. The molecule has 2 aromatic rings. The quantitative estimate of drug-likeness (QED) is 0.836. The fourth-order valence-corrected chi connectivity index (χ4v) is 4.66. The maximum absolute atomic E-state index is 13.2. The molecule has 0 unspecified atom stereocenters. The van der Waals surface area contributed by atoms with Gasteiger partial charge >= 0.3 is 0 Å². The van der Waals surface area contributed by atoms with Crippen LogP contribution >= 0.6 is 0 Å². The lowest BCUT2D eigenvalue weighted by Gasteiger charge is -2.49. The number of aryl methyl sites for hydroxylation is 1. The van der Waals surface area contributed by atoms with Gasteiger partial charge in [-0.1, -0.05) is 49.7 Å². The highest BCUT2D eigenvalue weighted by atomic mass is 16.1. The lowest BCUT2D eigenvalue weighted by molar-refractivity contribution is -0.125. The number of carbonyl (C=O) groups is 1. The minimum absolute atomic E-state index is 0.00897. The van der Waals surface area contributed by atoms with Gasteiger partial charge in [-0.25, -0.2) is 0 Å². The van der Waals surface area contributed by atoms with E-state index in [1.54, 1.807) is 0 Å². The first-order valence-corrected chi connectivity index (χ1v) is 11.0. The molecule has 29 heavy (non-hydrogen) atoms. The van der Waals surface area contributed by atoms with E-state index in [9.17, 15) is 4.79 Å². The van der Waals surface area contributed by atoms with Crippen molar-refractivity contribution >= 4 is 17.3 Å². The average Bonchev–Trinajstić information content (AvgIpc) is 2.73. The van der Waals surface area contributed by atoms with Gasteiger partial charge in [-0.05, 0) is 49.4 Å². The van der Waals surface area contributed by atoms with Crippen LogP contribution in [0, 0.1) is 18.8 Å². The Hall–Kier alpha value is -2.49. The second kappa shape index (κ2) is 8.48. The molecule has 1 N–H and O–H groups in total. The average molecular weight is 392 g/mol. The lowest BCUT2D eigenvalue weighted by atomic mass is 9.83. The number of amides is 1. The highest BCUT2D eigenvalue weighted by Crippen LogP contribution is 2.36. The standard InChI is InChI=1S/C25H33N3O/c1-18(2)12-13-26-25(29)22-16-20-6-4-5-7-23(20)28-15-14-27(17-24(22)28)21-10-8-19(3)9-11-21/h4-11,18,22,24H,12-17H2,1-3H3,(H,26,29)/t22-,24-/m1/s1. The van der Waals surface area contributed by atoms with Crippen LogP contribution in [-0.2, 0) is 11.2 Å². The highest BCUT2D eigenvalue weighted by Gasteiger charge is 2.41. The third-order valence-electron chi connectivity index (χ3n) is 6.38. The van der Waals surface area contributed by atoms with E-state index in [4.69, 9.17) is 0 Å². The topological polar surface area (TPSA) is 35.6 Å². The van der Waals surface area contributed by atoms with E-state index < -0.39 is 0 Å². The van der Waals surface area contributed by atoms with Crippen LogP contribution < -0.4 is 15.1 Å². The molecule has 1 amide bonds. The number of benzene rings is 2. The molecule has 1 saturated heterocycles. The molecular weight excluding hydrogens is 358 g/mol. The lowest BCUT2D eigenvalue weighted by Crippen LogP contribution is -2.61. The number of fused-ring (bicyclic) bond motifs is 3. The molecule has 0 spiro atoms. The maximum atomic E-state index is 13.2. The van der Waals surface area contributed by atoms with E-state index in [-0.39, 0.29) is 17.9 Å². The summed E-state index contributed by atoms with van der Waals surface area (Å²) < 4.78 is 0. The van der Waals surface area contributed by atoms with Crippen LogP contribution in [0.1, 0.15) is 31.4 Å². The zero-order valence-electron chi connectivity index (χ0n) is 17.9. The van der Waals surface area contributed by atoms with E-state index >= 15 is 0 Å². The van der Waals surface area contributed by atoms with Crippen LogP contribution in [0.2, 0.25) is 0 Å². The summed E-state index contributed by atoms with van der Waals surface area (Å²) in [5.41, 5.74) is 5.15. The van der Waals surface area contributed by atoms with Crippen molar-refractivity contribution in [1.82, 2.24) is 5.32 Å². The summed E-state index contributed by atoms with van der Waals surface area (Å²) in [7, 11) is 0. The van der Waals surface area contributed by atoms with E-state index in [2.05, 4.69) is 84.4 Å². The van der Waals surface area contributed by atoms with Gasteiger partial charge in [0.1, 0.15) is 0 Å². The molecule has 154 valence electrons. The molecule has 2 aliphatic heterocycles. The highest BCUT2D eigenvalue weighted by molar-refractivity contribution is 5.82. The maximum Gasteiger partial charge on any atom is 0.225 e. The number of nitrogens with zero attached hydrogens (tertiary/aromatic N) is 2. The Morgan fingerprint density at radius 2 is 1.86 bits per heavy atom. The summed E-state index contributed by atoms with van der Waals surface area (Å²) in [6.45, 7) is 10.1. The molecule has 4 rings (SSSR count). The molecule has 2 heterocycles. The SMILES string of the molecule is Cc1ccc(N2CCN3c4ccccc4C[C@@H](C(=O)NCCC(C)C)[C@H]3C2)cc1. The Labute approximate surface area is 174 Å². The Kier molecular flexibility index (Phi) is 5.79. The van der Waals surface area contributed by atoms with Crippen molar-refractivity contribution in [3.05, 3.63) is 59.7 Å². The van der Waals surface area contributed by atoms with Crippen molar-refractivity contribution in [2.45, 2.75) is 39.7 Å². The van der Waals surface area contributed by atoms with Gasteiger partial charge < -0.3 is 15.1 Å². The third-order valence-corrected chi connectivity index (χ3v) is 6.38. The number of carbonyl (C=O) groups excluding carboxylic acids is 1. The fourth-order valence-electron chi connectivity index (χ4n) is 4.66. The van der Waals surface area contributed by atoms with Gasteiger partial charge in [0.2, 0.25) is 5.91 Å². The Morgan fingerprint density at radius 1 is 1.10 bits per heavy atom. The summed E-state index contributed by atoms with van der Waals surface area (Å²) in [5, 5.41) is 3.23. The molecule has 0 radical (unpaired) electrons. The summed E-state index contributed by atoms with van der Waals surface area (Å²) >= 11 is 0. The Morgan fingerprint density at radius 3 is 2.62 bits per heavy atom. The van der Waals surface area contributed by atoms with Gasteiger partial charge in [-0.3, -0.25) is 4.79 Å². The predicted molar refractivity (Wildman–Crippen MR) is 121 cm³/mol. The smallest absolute Gasteiger partial charge is 0.225 e. The monoisotopic (exact) mass is 391 g/mol. The number of anilines is 2. The molecular formula is C25H33N3O. The Balaban J connectivity index is 1.57. The van der Waals surface area contributed by atoms with Gasteiger partial charge in [-0.15, -0.1) is 0 Å². The van der Waals surface area contributed by atoms with E-state index in [0.717, 1.165) is 39.0 Å². The molecule has 2 aliphatic rings. The van der Waals surface area contributed by atoms with Crippen LogP contribution in [0.4, 0.5) is 11.4 Å². The first-order chi connectivity index (χ1) is 14.0. The van der Waals surface area contributed by atoms with Crippen molar-refractivity contribution in [2.24, 2.45) is 11.8 Å². The van der Waals surface area contributed by atoms with Gasteiger partial charge in [-0.2, -0.15) is 0 Å². The van der Waals surface area contributed by atoms with Crippen LogP contribution in [-0.4, -0.2) is 38.1 Å². The summed E-state index contributed by atoms with van der Waals surface area (Å²) in [4.78, 5) is 18.1. The molecule has 0 aliphatic carbocycles. The van der Waals surface area contributed by atoms with Gasteiger partial charge in [0, 0.05) is 37.6 Å². The van der Waals surface area contributed by atoms with Crippen molar-refractivity contribution in [2.75, 3.05) is 36.0 Å². The summed E-state index contributed by atoms with van der Waals surface area (Å²) in [6.07, 6.45) is 1.85.